The maximum Gasteiger partial charge on any atom is 0.337 e. The molecule has 0 aliphatic carbocycles. The van der Waals surface area contributed by atoms with Gasteiger partial charge < -0.3 is 4.74 Å². The summed E-state index contributed by atoms with van der Waals surface area (Å²) in [5, 5.41) is 8.67. The van der Waals surface area contributed by atoms with Crippen molar-refractivity contribution in [2.75, 3.05) is 7.11 Å². The summed E-state index contributed by atoms with van der Waals surface area (Å²) in [5.74, 6) is -0.511. The molecule has 0 radical (unpaired) electrons. The number of carbonyl (C=O) groups excluding carboxylic acids is 1. The Hall–Kier alpha value is -1.82. The molecule has 0 aromatic heterocycles. The lowest BCUT2D eigenvalue weighted by molar-refractivity contribution is 0.0600. The van der Waals surface area contributed by atoms with Gasteiger partial charge in [0.05, 0.1) is 24.7 Å². The summed E-state index contributed by atoms with van der Waals surface area (Å²) >= 11 is 0. The van der Waals surface area contributed by atoms with Crippen LogP contribution in [0.1, 0.15) is 28.8 Å². The van der Waals surface area contributed by atoms with E-state index in [2.05, 4.69) is 10.8 Å². The van der Waals surface area contributed by atoms with Crippen molar-refractivity contribution < 1.29 is 9.53 Å². The lowest BCUT2D eigenvalue weighted by atomic mass is 10.0. The van der Waals surface area contributed by atoms with Crippen LogP contribution in [0, 0.1) is 11.3 Å². The fourth-order valence-corrected chi connectivity index (χ4v) is 1.10. The summed E-state index contributed by atoms with van der Waals surface area (Å²) < 4.78 is 4.56. The fourth-order valence-electron chi connectivity index (χ4n) is 1.10. The lowest BCUT2D eigenvalue weighted by Gasteiger charge is -2.03. The molecule has 0 fully saturated rings. The molecule has 1 unspecified atom stereocenters. The van der Waals surface area contributed by atoms with Crippen LogP contribution < -0.4 is 0 Å². The molecule has 0 N–H and O–H groups in total. The average Bonchev–Trinajstić information content (AvgIpc) is 2.27. The zero-order valence-corrected chi connectivity index (χ0v) is 8.15. The number of rotatable bonds is 2. The number of benzene rings is 1. The summed E-state index contributed by atoms with van der Waals surface area (Å²) in [6.45, 7) is 1.81. The van der Waals surface area contributed by atoms with E-state index in [1.165, 1.54) is 7.11 Å². The van der Waals surface area contributed by atoms with E-state index < -0.39 is 0 Å². The van der Waals surface area contributed by atoms with Crippen LogP contribution in [0.4, 0.5) is 0 Å². The van der Waals surface area contributed by atoms with Crippen LogP contribution in [0.25, 0.3) is 0 Å². The van der Waals surface area contributed by atoms with E-state index in [1.807, 2.05) is 6.92 Å². The molecule has 14 heavy (non-hydrogen) atoms. The predicted molar refractivity (Wildman–Crippen MR) is 51.8 cm³/mol. The van der Waals surface area contributed by atoms with Crippen LogP contribution in [0.3, 0.4) is 0 Å². The number of nitrogens with zero attached hydrogens (tertiary/aromatic N) is 1. The normalized spacial score (nSPS) is 11.5. The van der Waals surface area contributed by atoms with Gasteiger partial charge in [-0.1, -0.05) is 12.1 Å². The number of nitriles is 1. The van der Waals surface area contributed by atoms with Gasteiger partial charge in [-0.05, 0) is 24.6 Å². The third kappa shape index (κ3) is 2.11. The van der Waals surface area contributed by atoms with Gasteiger partial charge in [-0.15, -0.1) is 0 Å². The zero-order valence-electron chi connectivity index (χ0n) is 8.15. The second kappa shape index (κ2) is 4.43. The highest BCUT2D eigenvalue weighted by Crippen LogP contribution is 2.14. The van der Waals surface area contributed by atoms with Crippen LogP contribution in [0.15, 0.2) is 24.3 Å². The maximum absolute atomic E-state index is 11.1. The molecule has 0 bridgehead atoms. The highest BCUT2D eigenvalue weighted by Gasteiger charge is 2.07. The standard InChI is InChI=1S/C11H11NO2/c1-8(7-12)9-3-5-10(6-4-9)11(13)14-2/h3-6,8H,1-2H3. The minimum absolute atomic E-state index is 0.151. The van der Waals surface area contributed by atoms with Gasteiger partial charge in [0.15, 0.2) is 0 Å². The van der Waals surface area contributed by atoms with Crippen LogP contribution >= 0.6 is 0 Å². The zero-order chi connectivity index (χ0) is 10.6. The van der Waals surface area contributed by atoms with Crippen LogP contribution in [-0.2, 0) is 4.74 Å². The van der Waals surface area contributed by atoms with E-state index in [-0.39, 0.29) is 11.9 Å². The average molecular weight is 189 g/mol. The first kappa shape index (κ1) is 10.3. The third-order valence-corrected chi connectivity index (χ3v) is 2.03. The molecule has 0 spiro atoms. The van der Waals surface area contributed by atoms with E-state index in [9.17, 15) is 4.79 Å². The van der Waals surface area contributed by atoms with Crippen molar-refractivity contribution in [2.24, 2.45) is 0 Å². The summed E-state index contributed by atoms with van der Waals surface area (Å²) in [6.07, 6.45) is 0. The number of hydrogen-bond donors (Lipinski definition) is 0. The van der Waals surface area contributed by atoms with Gasteiger partial charge in [0, 0.05) is 0 Å². The second-order valence-electron chi connectivity index (χ2n) is 2.96. The van der Waals surface area contributed by atoms with Gasteiger partial charge in [0.2, 0.25) is 0 Å². The number of esters is 1. The SMILES string of the molecule is COC(=O)c1ccc(C(C)C#N)cc1. The predicted octanol–water partition coefficient (Wildman–Crippen LogP) is 2.10. The van der Waals surface area contributed by atoms with Gasteiger partial charge in [-0.3, -0.25) is 0 Å². The molecular weight excluding hydrogens is 178 g/mol. The molecule has 0 aliphatic heterocycles. The molecule has 3 heteroatoms. The van der Waals surface area contributed by atoms with Crippen LogP contribution in [0.5, 0.6) is 0 Å². The first-order chi connectivity index (χ1) is 6.69. The van der Waals surface area contributed by atoms with Gasteiger partial charge in [0.1, 0.15) is 0 Å². The largest absolute Gasteiger partial charge is 0.465 e. The maximum atomic E-state index is 11.1. The molecular formula is C11H11NO2. The van der Waals surface area contributed by atoms with Gasteiger partial charge >= 0.3 is 5.97 Å². The van der Waals surface area contributed by atoms with Gasteiger partial charge in [-0.25, -0.2) is 4.79 Å². The second-order valence-corrected chi connectivity index (χ2v) is 2.96. The highest BCUT2D eigenvalue weighted by atomic mass is 16.5. The van der Waals surface area contributed by atoms with E-state index in [0.717, 1.165) is 5.56 Å². The number of methoxy groups -OCH3 is 1. The smallest absolute Gasteiger partial charge is 0.337 e. The minimum atomic E-state index is -0.360. The van der Waals surface area contributed by atoms with E-state index in [4.69, 9.17) is 5.26 Å². The Labute approximate surface area is 82.9 Å². The first-order valence-corrected chi connectivity index (χ1v) is 4.27. The first-order valence-electron chi connectivity index (χ1n) is 4.27. The number of ether oxygens (including phenoxy) is 1. The Bertz CT molecular complexity index is 362. The van der Waals surface area contributed by atoms with Crippen LogP contribution in [0.2, 0.25) is 0 Å². The van der Waals surface area contributed by atoms with Crippen molar-refractivity contribution in [3.05, 3.63) is 35.4 Å². The molecule has 1 atom stereocenters. The van der Waals surface area contributed by atoms with E-state index >= 15 is 0 Å². The van der Waals surface area contributed by atoms with Crippen LogP contribution in [-0.4, -0.2) is 13.1 Å². The number of hydrogen-bond acceptors (Lipinski definition) is 3. The molecule has 0 saturated heterocycles. The Morgan fingerprint density at radius 3 is 2.43 bits per heavy atom. The molecule has 72 valence electrons. The monoisotopic (exact) mass is 189 g/mol. The van der Waals surface area contributed by atoms with E-state index in [1.54, 1.807) is 24.3 Å². The molecule has 0 saturated carbocycles. The summed E-state index contributed by atoms with van der Waals surface area (Å²) in [7, 11) is 1.34. The van der Waals surface area contributed by atoms with Crippen molar-refractivity contribution in [1.29, 1.82) is 5.26 Å². The Morgan fingerprint density at radius 1 is 1.43 bits per heavy atom. The van der Waals surface area contributed by atoms with Crippen molar-refractivity contribution in [3.63, 3.8) is 0 Å². The molecule has 1 rings (SSSR count). The molecule has 0 amide bonds. The highest BCUT2D eigenvalue weighted by molar-refractivity contribution is 5.89. The third-order valence-electron chi connectivity index (χ3n) is 2.03. The molecule has 1 aromatic carbocycles. The van der Waals surface area contributed by atoms with E-state index in [0.29, 0.717) is 5.56 Å². The Kier molecular flexibility index (Phi) is 3.24. The Balaban J connectivity index is 2.90. The summed E-state index contributed by atoms with van der Waals surface area (Å²) in [4.78, 5) is 11.1. The molecule has 1 aromatic rings. The topological polar surface area (TPSA) is 50.1 Å². The molecule has 0 heterocycles. The van der Waals surface area contributed by atoms with Gasteiger partial charge in [-0.2, -0.15) is 5.26 Å². The van der Waals surface area contributed by atoms with Gasteiger partial charge in [0.25, 0.3) is 0 Å². The summed E-state index contributed by atoms with van der Waals surface area (Å²) in [5.41, 5.74) is 1.40. The molecule has 0 aliphatic rings. The van der Waals surface area contributed by atoms with Crippen molar-refractivity contribution in [2.45, 2.75) is 12.8 Å². The number of carbonyl (C=O) groups is 1. The Morgan fingerprint density at radius 2 is 2.00 bits per heavy atom. The fraction of sp³-hybridized carbons (Fsp3) is 0.273. The van der Waals surface area contributed by atoms with Crippen molar-refractivity contribution >= 4 is 5.97 Å². The van der Waals surface area contributed by atoms with Crippen molar-refractivity contribution in [3.8, 4) is 6.07 Å². The summed E-state index contributed by atoms with van der Waals surface area (Å²) in [6, 6.07) is 8.98. The minimum Gasteiger partial charge on any atom is -0.465 e. The quantitative estimate of drug-likeness (QED) is 0.669. The molecule has 3 nitrogen and oxygen atoms in total. The van der Waals surface area contributed by atoms with Crippen molar-refractivity contribution in [1.82, 2.24) is 0 Å². The lowest BCUT2D eigenvalue weighted by Crippen LogP contribution is -2.01.